The maximum Gasteiger partial charge on any atom is 0.241 e. The van der Waals surface area contributed by atoms with Crippen LogP contribution in [0.1, 0.15) is 59.3 Å². The number of hydrogen-bond donors (Lipinski definition) is 1. The summed E-state index contributed by atoms with van der Waals surface area (Å²) in [7, 11) is 0. The van der Waals surface area contributed by atoms with E-state index in [1.165, 1.54) is 25.7 Å². The first-order valence-electron chi connectivity index (χ1n) is 7.68. The second-order valence-corrected chi connectivity index (χ2v) is 6.41. The number of amides is 1. The van der Waals surface area contributed by atoms with Crippen molar-refractivity contribution in [3.63, 3.8) is 0 Å². The molecule has 2 aliphatic rings. The van der Waals surface area contributed by atoms with Gasteiger partial charge in [-0.05, 0) is 37.5 Å². The van der Waals surface area contributed by atoms with Crippen molar-refractivity contribution in [3.05, 3.63) is 0 Å². The third-order valence-corrected chi connectivity index (χ3v) is 4.37. The molecule has 1 aliphatic carbocycles. The molecule has 0 aromatic rings. The molecule has 0 spiro atoms. The fraction of sp³-hybridized carbons (Fsp3) is 0.933. The Hall–Kier alpha value is -0.570. The number of nitrogens with zero attached hydrogens (tertiary/aromatic N) is 1. The highest BCUT2D eigenvalue weighted by molar-refractivity contribution is 5.84. The molecule has 1 saturated heterocycles. The predicted molar refractivity (Wildman–Crippen MR) is 74.1 cm³/mol. The van der Waals surface area contributed by atoms with Gasteiger partial charge >= 0.3 is 0 Å². The van der Waals surface area contributed by atoms with Gasteiger partial charge in [-0.3, -0.25) is 10.1 Å². The molecule has 0 radical (unpaired) electrons. The van der Waals surface area contributed by atoms with Crippen molar-refractivity contribution >= 4 is 5.91 Å². The minimum Gasteiger partial charge on any atom is -0.326 e. The summed E-state index contributed by atoms with van der Waals surface area (Å²) >= 11 is 0. The molecule has 18 heavy (non-hydrogen) atoms. The van der Waals surface area contributed by atoms with Gasteiger partial charge in [-0.25, -0.2) is 0 Å². The van der Waals surface area contributed by atoms with Crippen LogP contribution in [0.15, 0.2) is 0 Å². The molecular weight excluding hydrogens is 224 g/mol. The Labute approximate surface area is 111 Å². The molecule has 2 atom stereocenters. The van der Waals surface area contributed by atoms with Crippen LogP contribution in [0.3, 0.4) is 0 Å². The highest BCUT2D eigenvalue weighted by atomic mass is 16.2. The van der Waals surface area contributed by atoms with Crippen LogP contribution in [0.5, 0.6) is 0 Å². The van der Waals surface area contributed by atoms with E-state index < -0.39 is 0 Å². The van der Waals surface area contributed by atoms with Crippen LogP contribution < -0.4 is 5.32 Å². The molecule has 2 unspecified atom stereocenters. The molecule has 3 heteroatoms. The van der Waals surface area contributed by atoms with Gasteiger partial charge < -0.3 is 4.90 Å². The van der Waals surface area contributed by atoms with Gasteiger partial charge in [0, 0.05) is 6.54 Å². The van der Waals surface area contributed by atoms with E-state index in [-0.39, 0.29) is 12.2 Å². The Kier molecular flexibility index (Phi) is 4.66. The fourth-order valence-corrected chi connectivity index (χ4v) is 3.41. The molecule has 0 aromatic heterocycles. The molecule has 3 nitrogen and oxygen atoms in total. The Bertz CT molecular complexity index is 284. The summed E-state index contributed by atoms with van der Waals surface area (Å²) in [5, 5.41) is 3.52. The molecule has 0 bridgehead atoms. The maximum absolute atomic E-state index is 12.5. The normalized spacial score (nSPS) is 29.8. The van der Waals surface area contributed by atoms with E-state index in [0.717, 1.165) is 25.3 Å². The Morgan fingerprint density at radius 1 is 1.33 bits per heavy atom. The number of carbonyl (C=O) groups excluding carboxylic acids is 1. The lowest BCUT2D eigenvalue weighted by atomic mass is 10.0. The van der Waals surface area contributed by atoms with Crippen LogP contribution in [0.25, 0.3) is 0 Å². The second-order valence-electron chi connectivity index (χ2n) is 6.41. The van der Waals surface area contributed by atoms with Crippen molar-refractivity contribution in [3.8, 4) is 0 Å². The van der Waals surface area contributed by atoms with Crippen molar-refractivity contribution in [2.75, 3.05) is 6.54 Å². The summed E-state index contributed by atoms with van der Waals surface area (Å²) in [4.78, 5) is 14.6. The zero-order valence-corrected chi connectivity index (χ0v) is 12.1. The Morgan fingerprint density at radius 2 is 2.00 bits per heavy atom. The zero-order valence-electron chi connectivity index (χ0n) is 12.1. The number of rotatable bonds is 5. The van der Waals surface area contributed by atoms with E-state index in [0.29, 0.717) is 11.8 Å². The van der Waals surface area contributed by atoms with Crippen LogP contribution in [-0.2, 0) is 4.79 Å². The molecule has 2 fully saturated rings. The first-order valence-corrected chi connectivity index (χ1v) is 7.68. The molecule has 1 saturated carbocycles. The van der Waals surface area contributed by atoms with Crippen LogP contribution in [0.4, 0.5) is 0 Å². The molecule has 104 valence electrons. The molecule has 1 amide bonds. The third kappa shape index (κ3) is 3.05. The summed E-state index contributed by atoms with van der Waals surface area (Å²) in [5.41, 5.74) is 0. The largest absolute Gasteiger partial charge is 0.326 e. The zero-order chi connectivity index (χ0) is 13.1. The SMILES string of the molecule is CCC1NC(CC(C)C)C(=O)N1CC1CCCC1. The lowest BCUT2D eigenvalue weighted by Crippen LogP contribution is -2.39. The van der Waals surface area contributed by atoms with E-state index in [4.69, 9.17) is 0 Å². The van der Waals surface area contributed by atoms with Crippen molar-refractivity contribution in [1.29, 1.82) is 0 Å². The minimum absolute atomic E-state index is 0.0661. The van der Waals surface area contributed by atoms with Crippen LogP contribution in [0.2, 0.25) is 0 Å². The monoisotopic (exact) mass is 252 g/mol. The van der Waals surface area contributed by atoms with Crippen LogP contribution in [-0.4, -0.2) is 29.6 Å². The topological polar surface area (TPSA) is 32.3 Å². The first-order chi connectivity index (χ1) is 8.61. The highest BCUT2D eigenvalue weighted by Gasteiger charge is 2.38. The quantitative estimate of drug-likeness (QED) is 0.816. The second kappa shape index (κ2) is 6.05. The summed E-state index contributed by atoms with van der Waals surface area (Å²) in [5.74, 6) is 1.68. The van der Waals surface area contributed by atoms with Gasteiger partial charge in [0.25, 0.3) is 0 Å². The lowest BCUT2D eigenvalue weighted by molar-refractivity contribution is -0.130. The van der Waals surface area contributed by atoms with Gasteiger partial charge in [0.15, 0.2) is 0 Å². The highest BCUT2D eigenvalue weighted by Crippen LogP contribution is 2.28. The summed E-state index contributed by atoms with van der Waals surface area (Å²) in [6.07, 6.45) is 7.61. The van der Waals surface area contributed by atoms with Crippen molar-refractivity contribution in [2.24, 2.45) is 11.8 Å². The number of hydrogen-bond acceptors (Lipinski definition) is 2. The van der Waals surface area contributed by atoms with Crippen molar-refractivity contribution in [2.45, 2.75) is 71.5 Å². The van der Waals surface area contributed by atoms with E-state index in [1.807, 2.05) is 0 Å². The lowest BCUT2D eigenvalue weighted by Gasteiger charge is -2.26. The van der Waals surface area contributed by atoms with Gasteiger partial charge in [-0.15, -0.1) is 0 Å². The predicted octanol–water partition coefficient (Wildman–Crippen LogP) is 2.76. The van der Waals surface area contributed by atoms with E-state index in [2.05, 4.69) is 31.0 Å². The third-order valence-electron chi connectivity index (χ3n) is 4.37. The van der Waals surface area contributed by atoms with E-state index in [1.54, 1.807) is 0 Å². The van der Waals surface area contributed by atoms with E-state index >= 15 is 0 Å². The molecule has 2 rings (SSSR count). The average molecular weight is 252 g/mol. The molecule has 0 aromatic carbocycles. The number of nitrogens with one attached hydrogen (secondary N) is 1. The van der Waals surface area contributed by atoms with Gasteiger partial charge in [-0.2, -0.15) is 0 Å². The molecule has 1 N–H and O–H groups in total. The molecular formula is C15H28N2O. The summed E-state index contributed by atoms with van der Waals surface area (Å²) < 4.78 is 0. The Morgan fingerprint density at radius 3 is 2.56 bits per heavy atom. The van der Waals surface area contributed by atoms with Gasteiger partial charge in [-0.1, -0.05) is 33.6 Å². The molecule has 1 aliphatic heterocycles. The fourth-order valence-electron chi connectivity index (χ4n) is 3.41. The number of carbonyl (C=O) groups is 1. The summed E-state index contributed by atoms with van der Waals surface area (Å²) in [6, 6.07) is 0.0661. The Balaban J connectivity index is 1.96. The average Bonchev–Trinajstić information content (AvgIpc) is 2.91. The maximum atomic E-state index is 12.5. The summed E-state index contributed by atoms with van der Waals surface area (Å²) in [6.45, 7) is 7.54. The first kappa shape index (κ1) is 13.9. The van der Waals surface area contributed by atoms with Gasteiger partial charge in [0.1, 0.15) is 0 Å². The van der Waals surface area contributed by atoms with E-state index in [9.17, 15) is 4.79 Å². The van der Waals surface area contributed by atoms with Crippen molar-refractivity contribution in [1.82, 2.24) is 10.2 Å². The smallest absolute Gasteiger partial charge is 0.241 e. The van der Waals surface area contributed by atoms with Crippen molar-refractivity contribution < 1.29 is 4.79 Å². The van der Waals surface area contributed by atoms with Gasteiger partial charge in [0.2, 0.25) is 5.91 Å². The van der Waals surface area contributed by atoms with Crippen LogP contribution >= 0.6 is 0 Å². The standard InChI is InChI=1S/C15H28N2O/c1-4-14-16-13(9-11(2)3)15(18)17(14)10-12-7-5-6-8-12/h11-14,16H,4-10H2,1-3H3. The van der Waals surface area contributed by atoms with Crippen LogP contribution in [0, 0.1) is 11.8 Å². The minimum atomic E-state index is 0.0661. The van der Waals surface area contributed by atoms with Gasteiger partial charge in [0.05, 0.1) is 12.2 Å². The molecule has 1 heterocycles.